The summed E-state index contributed by atoms with van der Waals surface area (Å²) in [5.41, 5.74) is 4.66. The SMILES string of the molecule is Cl.Oc1cccc(-c2cccc(C3CCNCC3OCc3ccc4ccccc4c3)c2)c1. The van der Waals surface area contributed by atoms with E-state index in [9.17, 15) is 5.11 Å². The van der Waals surface area contributed by atoms with Gasteiger partial charge in [-0.25, -0.2) is 0 Å². The third kappa shape index (κ3) is 4.97. The van der Waals surface area contributed by atoms with Crippen molar-refractivity contribution < 1.29 is 9.84 Å². The van der Waals surface area contributed by atoms with Crippen molar-refractivity contribution in [3.63, 3.8) is 0 Å². The van der Waals surface area contributed by atoms with Gasteiger partial charge in [-0.15, -0.1) is 12.4 Å². The number of phenolic OH excluding ortho intramolecular Hbond substituents is 1. The van der Waals surface area contributed by atoms with Crippen LogP contribution in [0.4, 0.5) is 0 Å². The Bertz CT molecular complexity index is 1190. The molecule has 4 aromatic carbocycles. The van der Waals surface area contributed by atoms with E-state index < -0.39 is 0 Å². The van der Waals surface area contributed by atoms with Gasteiger partial charge < -0.3 is 15.2 Å². The molecule has 0 aromatic heterocycles. The lowest BCUT2D eigenvalue weighted by Gasteiger charge is -2.33. The van der Waals surface area contributed by atoms with Crippen LogP contribution >= 0.6 is 12.4 Å². The quantitative estimate of drug-likeness (QED) is 0.379. The normalized spacial score (nSPS) is 18.2. The molecule has 1 heterocycles. The van der Waals surface area contributed by atoms with E-state index >= 15 is 0 Å². The van der Waals surface area contributed by atoms with E-state index in [-0.39, 0.29) is 18.5 Å². The minimum Gasteiger partial charge on any atom is -0.508 e. The highest BCUT2D eigenvalue weighted by Crippen LogP contribution is 2.32. The third-order valence-electron chi connectivity index (χ3n) is 6.20. The average molecular weight is 446 g/mol. The Labute approximate surface area is 195 Å². The molecule has 0 spiro atoms. The van der Waals surface area contributed by atoms with Crippen molar-refractivity contribution in [2.24, 2.45) is 0 Å². The number of ether oxygens (including phenoxy) is 1. The van der Waals surface area contributed by atoms with Gasteiger partial charge >= 0.3 is 0 Å². The second-order valence-corrected chi connectivity index (χ2v) is 8.31. The predicted molar refractivity (Wildman–Crippen MR) is 134 cm³/mol. The minimum atomic E-state index is 0. The molecule has 1 aliphatic rings. The molecule has 0 aliphatic carbocycles. The average Bonchev–Trinajstić information content (AvgIpc) is 2.83. The van der Waals surface area contributed by atoms with Crippen LogP contribution < -0.4 is 5.32 Å². The molecule has 1 aliphatic heterocycles. The van der Waals surface area contributed by atoms with Gasteiger partial charge in [0.15, 0.2) is 0 Å². The summed E-state index contributed by atoms with van der Waals surface area (Å²) in [6.07, 6.45) is 1.17. The number of phenols is 1. The van der Waals surface area contributed by atoms with Gasteiger partial charge in [0.2, 0.25) is 0 Å². The molecule has 1 fully saturated rings. The molecule has 2 atom stereocenters. The van der Waals surface area contributed by atoms with Crippen LogP contribution in [0, 0.1) is 0 Å². The maximum absolute atomic E-state index is 9.85. The fourth-order valence-corrected chi connectivity index (χ4v) is 4.55. The number of hydrogen-bond donors (Lipinski definition) is 2. The lowest BCUT2D eigenvalue weighted by Crippen LogP contribution is -2.41. The first-order valence-electron chi connectivity index (χ1n) is 11.0. The molecule has 2 N–H and O–H groups in total. The molecule has 164 valence electrons. The minimum absolute atomic E-state index is 0. The molecule has 1 saturated heterocycles. The first kappa shape index (κ1) is 22.3. The van der Waals surface area contributed by atoms with E-state index in [0.29, 0.717) is 18.3 Å². The van der Waals surface area contributed by atoms with Crippen LogP contribution in [-0.2, 0) is 11.3 Å². The van der Waals surface area contributed by atoms with Crippen molar-refractivity contribution >= 4 is 23.2 Å². The van der Waals surface area contributed by atoms with Crippen LogP contribution in [-0.4, -0.2) is 24.3 Å². The van der Waals surface area contributed by atoms with Gasteiger partial charge in [0.1, 0.15) is 5.75 Å². The van der Waals surface area contributed by atoms with Gasteiger partial charge in [0.05, 0.1) is 12.7 Å². The summed E-state index contributed by atoms with van der Waals surface area (Å²) in [6.45, 7) is 2.46. The van der Waals surface area contributed by atoms with Crippen LogP contribution in [0.5, 0.6) is 5.75 Å². The molecule has 0 amide bonds. The lowest BCUT2D eigenvalue weighted by molar-refractivity contribution is 0.0107. The van der Waals surface area contributed by atoms with Crippen LogP contribution in [0.15, 0.2) is 91.0 Å². The second kappa shape index (κ2) is 10.2. The summed E-state index contributed by atoms with van der Waals surface area (Å²) in [6, 6.07) is 31.1. The molecule has 0 radical (unpaired) electrons. The molecule has 5 rings (SSSR count). The van der Waals surface area contributed by atoms with E-state index in [1.54, 1.807) is 6.07 Å². The van der Waals surface area contributed by atoms with Gasteiger partial charge in [-0.1, -0.05) is 72.8 Å². The smallest absolute Gasteiger partial charge is 0.116 e. The zero-order valence-electron chi connectivity index (χ0n) is 17.9. The number of hydrogen-bond acceptors (Lipinski definition) is 3. The molecule has 0 bridgehead atoms. The zero-order valence-corrected chi connectivity index (χ0v) is 18.7. The van der Waals surface area contributed by atoms with Crippen LogP contribution in [0.2, 0.25) is 0 Å². The van der Waals surface area contributed by atoms with Crippen molar-refractivity contribution in [3.05, 3.63) is 102 Å². The van der Waals surface area contributed by atoms with Gasteiger partial charge in [-0.05, 0) is 64.2 Å². The molecular weight excluding hydrogens is 418 g/mol. The first-order chi connectivity index (χ1) is 15.3. The number of fused-ring (bicyclic) bond motifs is 1. The summed E-state index contributed by atoms with van der Waals surface area (Å²) >= 11 is 0. The topological polar surface area (TPSA) is 41.5 Å². The van der Waals surface area contributed by atoms with Crippen LogP contribution in [0.1, 0.15) is 23.5 Å². The summed E-state index contributed by atoms with van der Waals surface area (Å²) in [4.78, 5) is 0. The summed E-state index contributed by atoms with van der Waals surface area (Å²) in [5.74, 6) is 0.639. The van der Waals surface area contributed by atoms with E-state index in [0.717, 1.165) is 30.6 Å². The van der Waals surface area contributed by atoms with Gasteiger partial charge in [-0.2, -0.15) is 0 Å². The fourth-order valence-electron chi connectivity index (χ4n) is 4.55. The Morgan fingerprint density at radius 2 is 1.59 bits per heavy atom. The Morgan fingerprint density at radius 3 is 2.44 bits per heavy atom. The fraction of sp³-hybridized carbons (Fsp3) is 0.214. The summed E-state index contributed by atoms with van der Waals surface area (Å²) < 4.78 is 6.45. The number of piperidine rings is 1. The molecule has 32 heavy (non-hydrogen) atoms. The zero-order chi connectivity index (χ0) is 21.0. The standard InChI is InChI=1S/C28H27NO2.ClH/c30-26-10-4-8-24(17-26)23-7-3-9-25(16-23)27-13-14-29-18-28(27)31-19-20-11-12-21-5-1-2-6-22(21)15-20;/h1-12,15-17,27-30H,13-14,18-19H2;1H. The third-order valence-corrected chi connectivity index (χ3v) is 6.20. The van der Waals surface area contributed by atoms with Gasteiger partial charge in [0.25, 0.3) is 0 Å². The highest BCUT2D eigenvalue weighted by molar-refractivity contribution is 5.85. The number of nitrogens with one attached hydrogen (secondary N) is 1. The maximum Gasteiger partial charge on any atom is 0.116 e. The predicted octanol–water partition coefficient (Wildman–Crippen LogP) is 6.30. The number of aromatic hydroxyl groups is 1. The van der Waals surface area contributed by atoms with E-state index in [1.807, 2.05) is 18.2 Å². The molecule has 3 nitrogen and oxygen atoms in total. The highest BCUT2D eigenvalue weighted by atomic mass is 35.5. The van der Waals surface area contributed by atoms with Crippen molar-refractivity contribution in [2.45, 2.75) is 25.0 Å². The second-order valence-electron chi connectivity index (χ2n) is 8.31. The summed E-state index contributed by atoms with van der Waals surface area (Å²) in [5, 5.41) is 15.9. The number of rotatable bonds is 5. The molecular formula is C28H28ClNO2. The van der Waals surface area contributed by atoms with E-state index in [1.165, 1.54) is 21.9 Å². The first-order valence-corrected chi connectivity index (χ1v) is 11.0. The molecule has 4 heteroatoms. The van der Waals surface area contributed by atoms with Crippen LogP contribution in [0.25, 0.3) is 21.9 Å². The van der Waals surface area contributed by atoms with Crippen LogP contribution in [0.3, 0.4) is 0 Å². The summed E-state index contributed by atoms with van der Waals surface area (Å²) in [7, 11) is 0. The van der Waals surface area contributed by atoms with E-state index in [4.69, 9.17) is 4.74 Å². The van der Waals surface area contributed by atoms with Gasteiger partial charge in [0, 0.05) is 12.5 Å². The van der Waals surface area contributed by atoms with Crippen molar-refractivity contribution in [1.82, 2.24) is 5.32 Å². The number of benzene rings is 4. The van der Waals surface area contributed by atoms with Gasteiger partial charge in [-0.3, -0.25) is 0 Å². The molecule has 0 saturated carbocycles. The Morgan fingerprint density at radius 1 is 0.812 bits per heavy atom. The van der Waals surface area contributed by atoms with E-state index in [2.05, 4.69) is 72.0 Å². The van der Waals surface area contributed by atoms with Crippen molar-refractivity contribution in [2.75, 3.05) is 13.1 Å². The maximum atomic E-state index is 9.85. The Kier molecular flexibility index (Phi) is 7.11. The highest BCUT2D eigenvalue weighted by Gasteiger charge is 2.27. The van der Waals surface area contributed by atoms with Crippen molar-refractivity contribution in [1.29, 1.82) is 0 Å². The Balaban J connectivity index is 0.00000245. The lowest BCUT2D eigenvalue weighted by atomic mass is 9.86. The largest absolute Gasteiger partial charge is 0.508 e. The molecule has 2 unspecified atom stereocenters. The Hall–Kier alpha value is -2.85. The van der Waals surface area contributed by atoms with Crippen molar-refractivity contribution in [3.8, 4) is 16.9 Å². The number of halogens is 1. The monoisotopic (exact) mass is 445 g/mol. The molecule has 4 aromatic rings.